The first-order chi connectivity index (χ1) is 7.85. The Labute approximate surface area is 101 Å². The second-order valence-corrected chi connectivity index (χ2v) is 4.72. The number of carbonyl (C=O) groups is 2. The Kier molecular flexibility index (Phi) is 7.09. The van der Waals surface area contributed by atoms with Crippen LogP contribution in [0.2, 0.25) is 0 Å². The van der Waals surface area contributed by atoms with E-state index in [9.17, 15) is 14.5 Å². The second kappa shape index (κ2) is 7.76. The number of amides is 2. The lowest BCUT2D eigenvalue weighted by Gasteiger charge is -2.19. The van der Waals surface area contributed by atoms with Crippen LogP contribution in [0.4, 0.5) is 4.79 Å². The van der Waals surface area contributed by atoms with Gasteiger partial charge in [-0.05, 0) is 33.6 Å². The molecule has 0 saturated heterocycles. The van der Waals surface area contributed by atoms with Crippen LogP contribution in [-0.2, 0) is 9.53 Å². The highest BCUT2D eigenvalue weighted by Gasteiger charge is 2.15. The maximum Gasteiger partial charge on any atom is 0.407 e. The van der Waals surface area contributed by atoms with Crippen LogP contribution in [0.25, 0.3) is 0 Å². The standard InChI is InChI=1S/C11H20N2O4/c1-11(2,3)17-10(15)12-8-6-4-5-7-9(14)13-16/h4-8H2,1-3H3,(H,12,15). The molecule has 0 aromatic rings. The first-order valence-electron chi connectivity index (χ1n) is 5.68. The molecule has 98 valence electrons. The van der Waals surface area contributed by atoms with E-state index in [1.807, 2.05) is 0 Å². The van der Waals surface area contributed by atoms with Crippen molar-refractivity contribution in [3.63, 3.8) is 0 Å². The molecule has 0 aromatic carbocycles. The summed E-state index contributed by atoms with van der Waals surface area (Å²) in [5, 5.41) is 4.91. The summed E-state index contributed by atoms with van der Waals surface area (Å²) in [6, 6.07) is 0. The first kappa shape index (κ1) is 15.5. The van der Waals surface area contributed by atoms with Gasteiger partial charge in [-0.15, -0.1) is 4.91 Å². The smallest absolute Gasteiger partial charge is 0.407 e. The molecule has 0 atom stereocenters. The van der Waals surface area contributed by atoms with E-state index in [0.717, 1.165) is 12.8 Å². The van der Waals surface area contributed by atoms with Crippen molar-refractivity contribution in [2.45, 2.75) is 52.1 Å². The molecule has 0 aliphatic heterocycles. The lowest BCUT2D eigenvalue weighted by Crippen LogP contribution is -2.32. The fraction of sp³-hybridized carbons (Fsp3) is 0.818. The van der Waals surface area contributed by atoms with E-state index in [1.54, 1.807) is 20.8 Å². The highest BCUT2D eigenvalue weighted by atomic mass is 16.6. The summed E-state index contributed by atoms with van der Waals surface area (Å²) in [4.78, 5) is 31.5. The van der Waals surface area contributed by atoms with Crippen molar-refractivity contribution in [2.24, 2.45) is 5.18 Å². The van der Waals surface area contributed by atoms with Gasteiger partial charge >= 0.3 is 6.09 Å². The van der Waals surface area contributed by atoms with Crippen molar-refractivity contribution in [3.8, 4) is 0 Å². The molecule has 6 heteroatoms. The van der Waals surface area contributed by atoms with Gasteiger partial charge in [0, 0.05) is 18.1 Å². The van der Waals surface area contributed by atoms with Gasteiger partial charge in [0.15, 0.2) is 0 Å². The predicted octanol–water partition coefficient (Wildman–Crippen LogP) is 2.36. The Bertz CT molecular complexity index is 271. The van der Waals surface area contributed by atoms with Crippen LogP contribution in [0.5, 0.6) is 0 Å². The number of rotatable bonds is 6. The Morgan fingerprint density at radius 2 is 1.82 bits per heavy atom. The van der Waals surface area contributed by atoms with Gasteiger partial charge in [-0.1, -0.05) is 6.42 Å². The van der Waals surface area contributed by atoms with E-state index in [1.165, 1.54) is 0 Å². The zero-order valence-electron chi connectivity index (χ0n) is 10.6. The second-order valence-electron chi connectivity index (χ2n) is 4.72. The van der Waals surface area contributed by atoms with Crippen LogP contribution in [0.15, 0.2) is 5.18 Å². The summed E-state index contributed by atoms with van der Waals surface area (Å²) >= 11 is 0. The molecule has 17 heavy (non-hydrogen) atoms. The van der Waals surface area contributed by atoms with Crippen molar-refractivity contribution in [2.75, 3.05) is 6.54 Å². The van der Waals surface area contributed by atoms with Gasteiger partial charge in [-0.2, -0.15) is 0 Å². The molecule has 0 saturated carbocycles. The van der Waals surface area contributed by atoms with Crippen molar-refractivity contribution in [1.29, 1.82) is 0 Å². The summed E-state index contributed by atoms with van der Waals surface area (Å²) in [7, 11) is 0. The zero-order valence-corrected chi connectivity index (χ0v) is 10.6. The summed E-state index contributed by atoms with van der Waals surface area (Å²) in [5.74, 6) is -0.620. The van der Waals surface area contributed by atoms with Gasteiger partial charge in [0.05, 0.1) is 0 Å². The molecule has 0 aromatic heterocycles. The quantitative estimate of drug-likeness (QED) is 0.574. The van der Waals surface area contributed by atoms with Gasteiger partial charge in [0.25, 0.3) is 5.91 Å². The largest absolute Gasteiger partial charge is 0.444 e. The van der Waals surface area contributed by atoms with Gasteiger partial charge in [0.2, 0.25) is 0 Å². The predicted molar refractivity (Wildman–Crippen MR) is 63.5 cm³/mol. The SMILES string of the molecule is CC(C)(C)OC(=O)NCCCCCC(=O)N=O. The molecule has 0 bridgehead atoms. The van der Waals surface area contributed by atoms with E-state index in [0.29, 0.717) is 13.0 Å². The Hall–Kier alpha value is -1.46. The minimum Gasteiger partial charge on any atom is -0.444 e. The molecule has 0 spiro atoms. The maximum absolute atomic E-state index is 11.2. The number of nitrogens with one attached hydrogen (secondary N) is 1. The summed E-state index contributed by atoms with van der Waals surface area (Å²) < 4.78 is 5.04. The average Bonchev–Trinajstić information content (AvgIpc) is 2.20. The van der Waals surface area contributed by atoms with Crippen LogP contribution in [-0.4, -0.2) is 24.1 Å². The average molecular weight is 244 g/mol. The molecule has 0 aliphatic rings. The van der Waals surface area contributed by atoms with Crippen LogP contribution >= 0.6 is 0 Å². The lowest BCUT2D eigenvalue weighted by atomic mass is 10.2. The number of carbonyl (C=O) groups excluding carboxylic acids is 2. The van der Waals surface area contributed by atoms with Crippen molar-refractivity contribution in [1.82, 2.24) is 5.32 Å². The van der Waals surface area contributed by atoms with Gasteiger partial charge in [0.1, 0.15) is 5.60 Å². The first-order valence-corrected chi connectivity index (χ1v) is 5.68. The van der Waals surface area contributed by atoms with E-state index < -0.39 is 17.6 Å². The summed E-state index contributed by atoms with van der Waals surface area (Å²) in [6.07, 6.45) is 1.85. The molecule has 6 nitrogen and oxygen atoms in total. The van der Waals surface area contributed by atoms with Crippen LogP contribution in [0.1, 0.15) is 46.5 Å². The third-order valence-electron chi connectivity index (χ3n) is 1.84. The number of nitroso groups, excluding NO2 is 1. The third-order valence-corrected chi connectivity index (χ3v) is 1.84. The number of unbranched alkanes of at least 4 members (excludes halogenated alkanes) is 2. The molecule has 0 radical (unpaired) electrons. The molecule has 0 unspecified atom stereocenters. The Morgan fingerprint density at radius 1 is 1.18 bits per heavy atom. The molecule has 0 rings (SSSR count). The Morgan fingerprint density at radius 3 is 2.35 bits per heavy atom. The number of nitrogens with zero attached hydrogens (tertiary/aromatic N) is 1. The lowest BCUT2D eigenvalue weighted by molar-refractivity contribution is -0.118. The van der Waals surface area contributed by atoms with Crippen LogP contribution in [0.3, 0.4) is 0 Å². The number of ether oxygens (including phenoxy) is 1. The molecular weight excluding hydrogens is 224 g/mol. The van der Waals surface area contributed by atoms with E-state index in [4.69, 9.17) is 4.74 Å². The molecule has 1 N–H and O–H groups in total. The fourth-order valence-corrected chi connectivity index (χ4v) is 1.13. The zero-order chi connectivity index (χ0) is 13.3. The van der Waals surface area contributed by atoms with Crippen molar-refractivity contribution in [3.05, 3.63) is 4.91 Å². The van der Waals surface area contributed by atoms with E-state index >= 15 is 0 Å². The molecular formula is C11H20N2O4. The summed E-state index contributed by atoms with van der Waals surface area (Å²) in [5.41, 5.74) is -0.494. The highest BCUT2D eigenvalue weighted by molar-refractivity contribution is 5.76. The molecule has 0 aliphatic carbocycles. The van der Waals surface area contributed by atoms with Crippen molar-refractivity contribution >= 4 is 12.0 Å². The normalized spacial score (nSPS) is 10.8. The molecule has 2 amide bonds. The number of hydrogen-bond donors (Lipinski definition) is 1. The Balaban J connectivity index is 3.43. The number of hydrogen-bond acceptors (Lipinski definition) is 4. The monoisotopic (exact) mass is 244 g/mol. The fourth-order valence-electron chi connectivity index (χ4n) is 1.13. The molecule has 0 fully saturated rings. The number of alkyl carbamates (subject to hydrolysis) is 1. The summed E-state index contributed by atoms with van der Waals surface area (Å²) in [6.45, 7) is 5.89. The molecule has 0 heterocycles. The maximum atomic E-state index is 11.2. The topological polar surface area (TPSA) is 84.8 Å². The third kappa shape index (κ3) is 10.8. The minimum atomic E-state index is -0.620. The van der Waals surface area contributed by atoms with Gasteiger partial charge in [-0.3, -0.25) is 4.79 Å². The van der Waals surface area contributed by atoms with Gasteiger partial charge < -0.3 is 10.1 Å². The highest BCUT2D eigenvalue weighted by Crippen LogP contribution is 2.06. The van der Waals surface area contributed by atoms with Crippen LogP contribution in [0, 0.1) is 4.91 Å². The van der Waals surface area contributed by atoms with E-state index in [2.05, 4.69) is 10.5 Å². The van der Waals surface area contributed by atoms with E-state index in [-0.39, 0.29) is 6.42 Å². The minimum absolute atomic E-state index is 0.177. The van der Waals surface area contributed by atoms with Crippen molar-refractivity contribution < 1.29 is 14.3 Å². The van der Waals surface area contributed by atoms with Crippen LogP contribution < -0.4 is 5.32 Å². The van der Waals surface area contributed by atoms with Gasteiger partial charge in [-0.25, -0.2) is 4.79 Å².